The summed E-state index contributed by atoms with van der Waals surface area (Å²) in [6.45, 7) is 5.28. The molecule has 0 aromatic carbocycles. The second kappa shape index (κ2) is 6.35. The van der Waals surface area contributed by atoms with Crippen LogP contribution in [0.5, 0.6) is 0 Å². The third-order valence-electron chi connectivity index (χ3n) is 4.92. The Kier molecular flexibility index (Phi) is 4.43. The SMILES string of the molecule is Cc1ccc(CN2C[C@H]3CCN(CC(=O)N(C)C)C(=O)[C@@H]3C2)o1. The smallest absolute Gasteiger partial charge is 0.241 e. The van der Waals surface area contributed by atoms with Crippen molar-refractivity contribution in [2.45, 2.75) is 19.9 Å². The molecule has 3 heterocycles. The number of fused-ring (bicyclic) bond motifs is 1. The Balaban J connectivity index is 1.60. The van der Waals surface area contributed by atoms with Crippen molar-refractivity contribution in [3.05, 3.63) is 23.7 Å². The van der Waals surface area contributed by atoms with Crippen LogP contribution < -0.4 is 0 Å². The Labute approximate surface area is 137 Å². The molecule has 2 amide bonds. The number of hydrogen-bond acceptors (Lipinski definition) is 4. The van der Waals surface area contributed by atoms with Gasteiger partial charge in [0.05, 0.1) is 19.0 Å². The molecule has 6 heteroatoms. The van der Waals surface area contributed by atoms with E-state index in [4.69, 9.17) is 4.42 Å². The molecule has 2 saturated heterocycles. The van der Waals surface area contributed by atoms with Crippen LogP contribution >= 0.6 is 0 Å². The maximum absolute atomic E-state index is 12.7. The molecule has 2 atom stereocenters. The van der Waals surface area contributed by atoms with E-state index in [1.807, 2.05) is 19.1 Å². The highest BCUT2D eigenvalue weighted by atomic mass is 16.3. The van der Waals surface area contributed by atoms with Gasteiger partial charge >= 0.3 is 0 Å². The van der Waals surface area contributed by atoms with E-state index in [-0.39, 0.29) is 24.3 Å². The number of amides is 2. The number of carbonyl (C=O) groups excluding carboxylic acids is 2. The first-order chi connectivity index (χ1) is 10.9. The Hall–Kier alpha value is -1.82. The molecule has 0 radical (unpaired) electrons. The first-order valence-corrected chi connectivity index (χ1v) is 8.20. The summed E-state index contributed by atoms with van der Waals surface area (Å²) < 4.78 is 5.64. The average Bonchev–Trinajstić information content (AvgIpc) is 3.08. The van der Waals surface area contributed by atoms with Gasteiger partial charge in [-0.3, -0.25) is 14.5 Å². The summed E-state index contributed by atoms with van der Waals surface area (Å²) in [5, 5.41) is 0. The van der Waals surface area contributed by atoms with E-state index in [2.05, 4.69) is 4.90 Å². The van der Waals surface area contributed by atoms with Crippen LogP contribution in [-0.4, -0.2) is 66.8 Å². The van der Waals surface area contributed by atoms with Crippen LogP contribution in [0.1, 0.15) is 17.9 Å². The van der Waals surface area contributed by atoms with E-state index < -0.39 is 0 Å². The van der Waals surface area contributed by atoms with E-state index in [0.717, 1.165) is 37.6 Å². The van der Waals surface area contributed by atoms with Crippen molar-refractivity contribution >= 4 is 11.8 Å². The normalized spacial score (nSPS) is 24.8. The predicted molar refractivity (Wildman–Crippen MR) is 85.6 cm³/mol. The van der Waals surface area contributed by atoms with Gasteiger partial charge in [-0.1, -0.05) is 0 Å². The van der Waals surface area contributed by atoms with Crippen LogP contribution in [0.2, 0.25) is 0 Å². The second-order valence-corrected chi connectivity index (χ2v) is 6.91. The number of aryl methyl sites for hydroxylation is 1. The number of hydrogen-bond donors (Lipinski definition) is 0. The van der Waals surface area contributed by atoms with Crippen LogP contribution in [0.15, 0.2) is 16.5 Å². The van der Waals surface area contributed by atoms with Crippen molar-refractivity contribution in [3.8, 4) is 0 Å². The van der Waals surface area contributed by atoms with E-state index >= 15 is 0 Å². The molecular weight excluding hydrogens is 294 g/mol. The van der Waals surface area contributed by atoms with Crippen molar-refractivity contribution in [1.29, 1.82) is 0 Å². The van der Waals surface area contributed by atoms with Crippen molar-refractivity contribution in [2.75, 3.05) is 40.3 Å². The third kappa shape index (κ3) is 3.42. The summed E-state index contributed by atoms with van der Waals surface area (Å²) in [5.74, 6) is 2.42. The molecule has 0 spiro atoms. The fraction of sp³-hybridized carbons (Fsp3) is 0.647. The molecule has 0 N–H and O–H groups in total. The van der Waals surface area contributed by atoms with E-state index in [1.165, 1.54) is 0 Å². The molecule has 2 aliphatic heterocycles. The Morgan fingerprint density at radius 2 is 2.13 bits per heavy atom. The number of furan rings is 1. The fourth-order valence-electron chi connectivity index (χ4n) is 3.58. The first-order valence-electron chi connectivity index (χ1n) is 8.20. The zero-order valence-electron chi connectivity index (χ0n) is 14.1. The lowest BCUT2D eigenvalue weighted by molar-refractivity contribution is -0.145. The zero-order valence-corrected chi connectivity index (χ0v) is 14.1. The lowest BCUT2D eigenvalue weighted by Crippen LogP contribution is -2.49. The molecule has 2 aliphatic rings. The molecule has 0 bridgehead atoms. The quantitative estimate of drug-likeness (QED) is 0.829. The minimum atomic E-state index is -0.0160. The number of nitrogens with zero attached hydrogens (tertiary/aromatic N) is 3. The standard InChI is InChI=1S/C17H25N3O3/c1-12-4-5-14(23-12)9-19-8-13-6-7-20(11-16(21)18(2)3)17(22)15(13)10-19/h4-5,13,15H,6-11H2,1-3H3/t13-,15-/m1/s1. The molecule has 6 nitrogen and oxygen atoms in total. The molecule has 23 heavy (non-hydrogen) atoms. The lowest BCUT2D eigenvalue weighted by atomic mass is 9.88. The molecule has 0 aliphatic carbocycles. The monoisotopic (exact) mass is 319 g/mol. The van der Waals surface area contributed by atoms with Gasteiger partial charge in [0.2, 0.25) is 11.8 Å². The van der Waals surface area contributed by atoms with Crippen molar-refractivity contribution in [3.63, 3.8) is 0 Å². The third-order valence-corrected chi connectivity index (χ3v) is 4.92. The summed E-state index contributed by atoms with van der Waals surface area (Å²) >= 11 is 0. The molecule has 126 valence electrons. The van der Waals surface area contributed by atoms with Gasteiger partial charge in [-0.15, -0.1) is 0 Å². The summed E-state index contributed by atoms with van der Waals surface area (Å²) in [6, 6.07) is 3.97. The molecule has 3 rings (SSSR count). The topological polar surface area (TPSA) is 57.0 Å². The number of likely N-dealkylation sites (tertiary alicyclic amines) is 2. The van der Waals surface area contributed by atoms with E-state index in [0.29, 0.717) is 12.5 Å². The van der Waals surface area contributed by atoms with Gasteiger partial charge in [0.15, 0.2) is 0 Å². The molecule has 1 aromatic heterocycles. The molecule has 0 saturated carbocycles. The van der Waals surface area contributed by atoms with E-state index in [9.17, 15) is 9.59 Å². The number of carbonyl (C=O) groups is 2. The highest BCUT2D eigenvalue weighted by Crippen LogP contribution is 2.33. The Morgan fingerprint density at radius 3 is 2.78 bits per heavy atom. The van der Waals surface area contributed by atoms with Gasteiger partial charge in [0, 0.05) is 33.7 Å². The highest BCUT2D eigenvalue weighted by molar-refractivity contribution is 5.86. The van der Waals surface area contributed by atoms with Gasteiger partial charge in [0.25, 0.3) is 0 Å². The largest absolute Gasteiger partial charge is 0.465 e. The van der Waals surface area contributed by atoms with Crippen molar-refractivity contribution in [2.24, 2.45) is 11.8 Å². The Bertz CT molecular complexity index is 596. The van der Waals surface area contributed by atoms with Gasteiger partial charge in [0.1, 0.15) is 11.5 Å². The summed E-state index contributed by atoms with van der Waals surface area (Å²) in [6.07, 6.45) is 0.977. The average molecular weight is 319 g/mol. The molecule has 1 aromatic rings. The van der Waals surface area contributed by atoms with E-state index in [1.54, 1.807) is 23.9 Å². The summed E-state index contributed by atoms with van der Waals surface area (Å²) in [7, 11) is 3.45. The second-order valence-electron chi connectivity index (χ2n) is 6.91. The van der Waals surface area contributed by atoms with Crippen LogP contribution in [0.3, 0.4) is 0 Å². The van der Waals surface area contributed by atoms with Gasteiger partial charge in [-0.25, -0.2) is 0 Å². The van der Waals surface area contributed by atoms with Gasteiger partial charge in [-0.2, -0.15) is 0 Å². The molecular formula is C17H25N3O3. The van der Waals surface area contributed by atoms with Gasteiger partial charge in [-0.05, 0) is 31.4 Å². The number of likely N-dealkylation sites (N-methyl/N-ethyl adjacent to an activating group) is 1. The maximum Gasteiger partial charge on any atom is 0.241 e. The van der Waals surface area contributed by atoms with Gasteiger partial charge < -0.3 is 14.2 Å². The lowest BCUT2D eigenvalue weighted by Gasteiger charge is -2.34. The predicted octanol–water partition coefficient (Wildman–Crippen LogP) is 0.957. The van der Waals surface area contributed by atoms with Crippen LogP contribution in [0.4, 0.5) is 0 Å². The number of piperidine rings is 1. The van der Waals surface area contributed by atoms with Crippen LogP contribution in [0, 0.1) is 18.8 Å². The summed E-state index contributed by atoms with van der Waals surface area (Å²) in [4.78, 5) is 30.1. The molecule has 2 fully saturated rings. The number of rotatable bonds is 4. The van der Waals surface area contributed by atoms with Crippen molar-refractivity contribution < 1.29 is 14.0 Å². The maximum atomic E-state index is 12.7. The van der Waals surface area contributed by atoms with Crippen molar-refractivity contribution in [1.82, 2.24) is 14.7 Å². The minimum absolute atomic E-state index is 0.0160. The summed E-state index contributed by atoms with van der Waals surface area (Å²) in [5.41, 5.74) is 0. The van der Waals surface area contributed by atoms with Crippen LogP contribution in [-0.2, 0) is 16.1 Å². The minimum Gasteiger partial charge on any atom is -0.465 e. The Morgan fingerprint density at radius 1 is 1.35 bits per heavy atom. The first kappa shape index (κ1) is 16.1. The van der Waals surface area contributed by atoms with Crippen LogP contribution in [0.25, 0.3) is 0 Å². The highest BCUT2D eigenvalue weighted by Gasteiger charge is 2.43. The molecule has 0 unspecified atom stereocenters. The zero-order chi connectivity index (χ0) is 16.6. The fourth-order valence-corrected chi connectivity index (χ4v) is 3.58.